The summed E-state index contributed by atoms with van der Waals surface area (Å²) in [5, 5.41) is 12.3. The second-order valence-electron chi connectivity index (χ2n) is 5.64. The topological polar surface area (TPSA) is 58.6 Å². The maximum absolute atomic E-state index is 10.8. The Balaban J connectivity index is 1.74. The highest BCUT2D eigenvalue weighted by molar-refractivity contribution is 5.87. The van der Waals surface area contributed by atoms with Crippen molar-refractivity contribution in [2.45, 2.75) is 25.8 Å². The maximum Gasteiger partial charge on any atom is 0.335 e. The number of carbonyl (C=O) groups is 1. The first-order valence-electron chi connectivity index (χ1n) is 7.77. The molecule has 0 fully saturated rings. The molecule has 1 atom stereocenters. The van der Waals surface area contributed by atoms with E-state index in [9.17, 15) is 4.79 Å². The van der Waals surface area contributed by atoms with E-state index >= 15 is 0 Å². The van der Waals surface area contributed by atoms with E-state index in [1.807, 2.05) is 24.3 Å². The van der Waals surface area contributed by atoms with Crippen LogP contribution < -0.4 is 10.1 Å². The second-order valence-corrected chi connectivity index (χ2v) is 5.64. The summed E-state index contributed by atoms with van der Waals surface area (Å²) in [6, 6.07) is 15.2. The molecule has 2 aromatic carbocycles. The molecular formula is C19H23NO3. The van der Waals surface area contributed by atoms with Gasteiger partial charge in [0.15, 0.2) is 0 Å². The molecule has 0 radical (unpaired) electrons. The van der Waals surface area contributed by atoms with Gasteiger partial charge in [-0.15, -0.1) is 0 Å². The van der Waals surface area contributed by atoms with Crippen LogP contribution in [0.5, 0.6) is 5.75 Å². The molecule has 1 unspecified atom stereocenters. The van der Waals surface area contributed by atoms with Gasteiger partial charge in [0.1, 0.15) is 5.75 Å². The number of hydrogen-bond donors (Lipinski definition) is 2. The minimum absolute atomic E-state index is 0.321. The van der Waals surface area contributed by atoms with Gasteiger partial charge in [-0.2, -0.15) is 0 Å². The van der Waals surface area contributed by atoms with E-state index in [4.69, 9.17) is 9.84 Å². The van der Waals surface area contributed by atoms with Crippen molar-refractivity contribution in [1.82, 2.24) is 5.32 Å². The molecule has 0 saturated carbocycles. The number of aromatic carboxylic acids is 1. The lowest BCUT2D eigenvalue weighted by atomic mass is 9.98. The average molecular weight is 313 g/mol. The number of nitrogens with one attached hydrogen (secondary N) is 1. The van der Waals surface area contributed by atoms with Crippen LogP contribution in [0.4, 0.5) is 0 Å². The molecule has 2 rings (SSSR count). The van der Waals surface area contributed by atoms with Crippen molar-refractivity contribution >= 4 is 5.97 Å². The number of ether oxygens (including phenoxy) is 1. The third kappa shape index (κ3) is 5.11. The maximum atomic E-state index is 10.8. The van der Waals surface area contributed by atoms with Crippen LogP contribution in [0.2, 0.25) is 0 Å². The highest BCUT2D eigenvalue weighted by Crippen LogP contribution is 2.21. The summed E-state index contributed by atoms with van der Waals surface area (Å²) < 4.78 is 5.17. The van der Waals surface area contributed by atoms with Gasteiger partial charge >= 0.3 is 5.97 Å². The smallest absolute Gasteiger partial charge is 0.335 e. The van der Waals surface area contributed by atoms with Gasteiger partial charge in [-0.25, -0.2) is 4.79 Å². The first kappa shape index (κ1) is 17.0. The minimum atomic E-state index is -0.891. The zero-order valence-corrected chi connectivity index (χ0v) is 13.6. The first-order valence-corrected chi connectivity index (χ1v) is 7.77. The molecule has 23 heavy (non-hydrogen) atoms. The van der Waals surface area contributed by atoms with Crippen LogP contribution in [0.1, 0.15) is 40.7 Å². The zero-order chi connectivity index (χ0) is 16.7. The van der Waals surface area contributed by atoms with Gasteiger partial charge in [0.05, 0.1) is 12.7 Å². The van der Waals surface area contributed by atoms with E-state index in [1.54, 1.807) is 19.2 Å². The number of benzene rings is 2. The summed E-state index contributed by atoms with van der Waals surface area (Å²) >= 11 is 0. The zero-order valence-electron chi connectivity index (χ0n) is 13.6. The van der Waals surface area contributed by atoms with E-state index in [0.29, 0.717) is 11.5 Å². The lowest BCUT2D eigenvalue weighted by Gasteiger charge is -2.13. The van der Waals surface area contributed by atoms with Gasteiger partial charge in [-0.05, 0) is 54.3 Å². The molecule has 0 bridgehead atoms. The van der Waals surface area contributed by atoms with Gasteiger partial charge in [-0.1, -0.05) is 31.2 Å². The van der Waals surface area contributed by atoms with Crippen molar-refractivity contribution in [2.75, 3.05) is 13.7 Å². The first-order chi connectivity index (χ1) is 11.1. The van der Waals surface area contributed by atoms with E-state index in [1.165, 1.54) is 5.56 Å². The fourth-order valence-corrected chi connectivity index (χ4v) is 2.42. The monoisotopic (exact) mass is 313 g/mol. The quantitative estimate of drug-likeness (QED) is 0.730. The van der Waals surface area contributed by atoms with Crippen molar-refractivity contribution < 1.29 is 14.6 Å². The molecule has 2 N–H and O–H groups in total. The van der Waals surface area contributed by atoms with Gasteiger partial charge in [0.25, 0.3) is 0 Å². The summed E-state index contributed by atoms with van der Waals surface area (Å²) in [5.74, 6) is 0.463. The van der Waals surface area contributed by atoms with Crippen LogP contribution in [0.3, 0.4) is 0 Å². The van der Waals surface area contributed by atoms with E-state index in [-0.39, 0.29) is 0 Å². The highest BCUT2D eigenvalue weighted by Gasteiger charge is 2.06. The molecule has 2 aromatic rings. The Morgan fingerprint density at radius 2 is 1.78 bits per heavy atom. The predicted molar refractivity (Wildman–Crippen MR) is 91.1 cm³/mol. The molecule has 4 heteroatoms. The Morgan fingerprint density at radius 3 is 2.35 bits per heavy atom. The third-order valence-corrected chi connectivity index (χ3v) is 3.97. The Labute approximate surface area is 137 Å². The molecule has 0 amide bonds. The van der Waals surface area contributed by atoms with Crippen LogP contribution in [0, 0.1) is 0 Å². The van der Waals surface area contributed by atoms with Crippen LogP contribution >= 0.6 is 0 Å². The lowest BCUT2D eigenvalue weighted by Crippen LogP contribution is -2.16. The van der Waals surface area contributed by atoms with E-state index in [0.717, 1.165) is 30.8 Å². The van der Waals surface area contributed by atoms with Crippen molar-refractivity contribution in [3.63, 3.8) is 0 Å². The van der Waals surface area contributed by atoms with Crippen molar-refractivity contribution in [3.05, 3.63) is 65.2 Å². The number of carboxylic acid groups (broad SMARTS) is 1. The van der Waals surface area contributed by atoms with Crippen LogP contribution in [-0.2, 0) is 6.54 Å². The van der Waals surface area contributed by atoms with E-state index < -0.39 is 5.97 Å². The Kier molecular flexibility index (Phi) is 6.18. The molecule has 4 nitrogen and oxygen atoms in total. The number of methoxy groups -OCH3 is 1. The highest BCUT2D eigenvalue weighted by atomic mass is 16.5. The Morgan fingerprint density at radius 1 is 1.13 bits per heavy atom. The summed E-state index contributed by atoms with van der Waals surface area (Å²) in [5.41, 5.74) is 2.72. The van der Waals surface area contributed by atoms with Gasteiger partial charge in [-0.3, -0.25) is 0 Å². The average Bonchev–Trinajstić information content (AvgIpc) is 2.59. The predicted octanol–water partition coefficient (Wildman–Crippen LogP) is 3.68. The fourth-order valence-electron chi connectivity index (χ4n) is 2.42. The molecule has 0 aromatic heterocycles. The van der Waals surface area contributed by atoms with Crippen LogP contribution in [0.15, 0.2) is 48.5 Å². The fraction of sp³-hybridized carbons (Fsp3) is 0.316. The Hall–Kier alpha value is -2.33. The van der Waals surface area contributed by atoms with Crippen LogP contribution in [-0.4, -0.2) is 24.7 Å². The second kappa shape index (κ2) is 8.34. The molecule has 0 aliphatic heterocycles. The number of rotatable bonds is 8. The number of hydrogen-bond acceptors (Lipinski definition) is 3. The van der Waals surface area contributed by atoms with Crippen molar-refractivity contribution in [2.24, 2.45) is 0 Å². The normalized spacial score (nSPS) is 11.9. The molecule has 122 valence electrons. The summed E-state index contributed by atoms with van der Waals surface area (Å²) in [4.78, 5) is 10.8. The van der Waals surface area contributed by atoms with Crippen molar-refractivity contribution in [3.8, 4) is 5.75 Å². The van der Waals surface area contributed by atoms with Gasteiger partial charge in [0, 0.05) is 6.54 Å². The molecular weight excluding hydrogens is 290 g/mol. The summed E-state index contributed by atoms with van der Waals surface area (Å²) in [6.07, 6.45) is 1.04. The molecule has 0 aliphatic rings. The lowest BCUT2D eigenvalue weighted by molar-refractivity contribution is 0.0697. The van der Waals surface area contributed by atoms with Crippen molar-refractivity contribution in [1.29, 1.82) is 0 Å². The molecule has 0 spiro atoms. The third-order valence-electron chi connectivity index (χ3n) is 3.97. The van der Waals surface area contributed by atoms with Gasteiger partial charge < -0.3 is 15.2 Å². The van der Waals surface area contributed by atoms with Crippen LogP contribution in [0.25, 0.3) is 0 Å². The summed E-state index contributed by atoms with van der Waals surface area (Å²) in [6.45, 7) is 3.87. The largest absolute Gasteiger partial charge is 0.497 e. The number of carboxylic acids is 1. The molecule has 0 aliphatic carbocycles. The molecule has 0 heterocycles. The molecule has 0 saturated heterocycles. The summed E-state index contributed by atoms with van der Waals surface area (Å²) in [7, 11) is 1.67. The minimum Gasteiger partial charge on any atom is -0.497 e. The standard InChI is InChI=1S/C19H23NO3/c1-14(16-7-9-18(23-2)10-8-16)11-12-20-13-15-3-5-17(6-4-15)19(21)22/h3-10,14,20H,11-13H2,1-2H3,(H,21,22). The van der Waals surface area contributed by atoms with E-state index in [2.05, 4.69) is 24.4 Å². The van der Waals surface area contributed by atoms with Gasteiger partial charge in [0.2, 0.25) is 0 Å². The Bertz CT molecular complexity index is 620. The SMILES string of the molecule is COc1ccc(C(C)CCNCc2ccc(C(=O)O)cc2)cc1.